The molecule has 0 aromatic heterocycles. The Kier molecular flexibility index (Phi) is 13.9. The summed E-state index contributed by atoms with van der Waals surface area (Å²) in [7, 11) is -4.78. The van der Waals surface area contributed by atoms with E-state index in [0.717, 1.165) is 0 Å². The van der Waals surface area contributed by atoms with Gasteiger partial charge in [-0.15, -0.1) is 0 Å². The first-order chi connectivity index (χ1) is 13.8. The van der Waals surface area contributed by atoms with Gasteiger partial charge in [-0.25, -0.2) is 13.8 Å². The van der Waals surface area contributed by atoms with Crippen molar-refractivity contribution in [3.05, 3.63) is 0 Å². The van der Waals surface area contributed by atoms with E-state index < -0.39 is 33.2 Å². The van der Waals surface area contributed by atoms with Gasteiger partial charge in [0.1, 0.15) is 6.61 Å². The molecule has 2 N–H and O–H groups in total. The summed E-state index contributed by atoms with van der Waals surface area (Å²) < 4.78 is 31.8. The van der Waals surface area contributed by atoms with Crippen LogP contribution in [0.5, 0.6) is 0 Å². The average molecular weight is 408 g/mol. The molecule has 0 spiro atoms. The Morgan fingerprint density at radius 3 is 1.66 bits per heavy atom. The van der Waals surface area contributed by atoms with Crippen LogP contribution < -0.4 is 0 Å². The first-order valence-corrected chi connectivity index (χ1v) is 8.82. The summed E-state index contributed by atoms with van der Waals surface area (Å²) in [5, 5.41) is 0. The van der Waals surface area contributed by atoms with E-state index in [1.165, 1.54) is 0 Å². The van der Waals surface area contributed by atoms with Crippen molar-refractivity contribution in [1.82, 2.24) is 0 Å². The van der Waals surface area contributed by atoms with Crippen molar-refractivity contribution >= 4 is 13.8 Å². The Morgan fingerprint density at radius 1 is 0.828 bits per heavy atom. The van der Waals surface area contributed by atoms with E-state index in [0.29, 0.717) is 0 Å². The van der Waals surface area contributed by atoms with Crippen molar-refractivity contribution in [2.24, 2.45) is 0 Å². The molecule has 1 atom stereocenters. The van der Waals surface area contributed by atoms with Crippen LogP contribution in [0.25, 0.3) is 0 Å². The molecular formula is C21H10FO6P. The molecule has 142 valence electrons. The van der Waals surface area contributed by atoms with Gasteiger partial charge in [-0.3, -0.25) is 4.52 Å². The number of phosphoric acid groups is 1. The first kappa shape index (κ1) is 25.0. The van der Waals surface area contributed by atoms with Gasteiger partial charge in [0.05, 0.1) is 6.61 Å². The molecule has 0 saturated heterocycles. The number of hydrogen-bond donors (Lipinski definition) is 2. The van der Waals surface area contributed by atoms with E-state index in [4.69, 9.17) is 9.79 Å². The summed E-state index contributed by atoms with van der Waals surface area (Å²) in [5.74, 6) is 36.8. The van der Waals surface area contributed by atoms with Gasteiger partial charge < -0.3 is 14.5 Å². The lowest BCUT2D eigenvalue weighted by atomic mass is 10.4. The number of phosphoric ester groups is 1. The fourth-order valence-electron chi connectivity index (χ4n) is 0.948. The summed E-state index contributed by atoms with van der Waals surface area (Å²) in [6.07, 6.45) is -1.92. The van der Waals surface area contributed by atoms with Gasteiger partial charge in [-0.2, -0.15) is 0 Å². The van der Waals surface area contributed by atoms with Crippen LogP contribution in [0, 0.1) is 94.7 Å². The van der Waals surface area contributed by atoms with Gasteiger partial charge in [0.2, 0.25) is 0 Å². The number of ether oxygens (including phenoxy) is 1. The molecule has 0 aliphatic rings. The minimum Gasteiger partial charge on any atom is -0.453 e. The molecule has 0 heterocycles. The summed E-state index contributed by atoms with van der Waals surface area (Å²) in [5.41, 5.74) is 0. The third kappa shape index (κ3) is 20.2. The Bertz CT molecular complexity index is 1150. The van der Waals surface area contributed by atoms with Gasteiger partial charge in [-0.1, -0.05) is 5.92 Å². The van der Waals surface area contributed by atoms with Gasteiger partial charge >= 0.3 is 13.8 Å². The molecule has 0 fully saturated rings. The maximum absolute atomic E-state index is 13.1. The van der Waals surface area contributed by atoms with E-state index in [9.17, 15) is 13.8 Å². The molecule has 0 unspecified atom stereocenters. The number of carbonyl (C=O) groups is 1. The molecule has 0 aromatic carbocycles. The zero-order chi connectivity index (χ0) is 21.8. The minimum atomic E-state index is -4.78. The van der Waals surface area contributed by atoms with E-state index >= 15 is 0 Å². The first-order valence-electron chi connectivity index (χ1n) is 7.29. The number of esters is 1. The molecule has 0 aliphatic carbocycles. The van der Waals surface area contributed by atoms with Crippen LogP contribution >= 0.6 is 7.82 Å². The molecule has 0 bridgehead atoms. The van der Waals surface area contributed by atoms with Crippen LogP contribution in [0.2, 0.25) is 0 Å². The van der Waals surface area contributed by atoms with Crippen LogP contribution in [0.3, 0.4) is 0 Å². The quantitative estimate of drug-likeness (QED) is 0.289. The molecule has 0 saturated carbocycles. The van der Waals surface area contributed by atoms with Crippen molar-refractivity contribution in [3.63, 3.8) is 0 Å². The second-order valence-corrected chi connectivity index (χ2v) is 5.35. The van der Waals surface area contributed by atoms with Crippen LogP contribution in [-0.2, 0) is 18.6 Å². The molecule has 0 amide bonds. The van der Waals surface area contributed by atoms with Crippen LogP contribution in [0.4, 0.5) is 4.39 Å². The highest BCUT2D eigenvalue weighted by molar-refractivity contribution is 7.46. The number of halogens is 1. The zero-order valence-electron chi connectivity index (χ0n) is 14.8. The van der Waals surface area contributed by atoms with Crippen LogP contribution in [0.15, 0.2) is 0 Å². The average Bonchev–Trinajstić information content (AvgIpc) is 2.67. The maximum Gasteiger partial charge on any atom is 0.469 e. The monoisotopic (exact) mass is 408 g/mol. The highest BCUT2D eigenvalue weighted by atomic mass is 31.2. The van der Waals surface area contributed by atoms with Gasteiger partial charge in [-0.05, 0) is 89.8 Å². The predicted molar refractivity (Wildman–Crippen MR) is 102 cm³/mol. The van der Waals surface area contributed by atoms with Crippen molar-refractivity contribution in [3.8, 4) is 94.7 Å². The molecule has 0 aliphatic heterocycles. The molecule has 0 rings (SSSR count). The molecule has 6 nitrogen and oxygen atoms in total. The van der Waals surface area contributed by atoms with E-state index in [1.54, 1.807) is 6.92 Å². The standard InChI is InChI=1S/C21H10FO6P/c1-2-3-4-5-6-7-8-9-10-11-12-13-14-15-16-17-21(23)27-18-20(22)19-28-29(24,25)26/h20H,18-19H2,1H3,(H2,24,25,26)/t20-/m0/s1. The smallest absolute Gasteiger partial charge is 0.453 e. The molecular weight excluding hydrogens is 398 g/mol. The summed E-state index contributed by atoms with van der Waals surface area (Å²) >= 11 is 0. The fourth-order valence-corrected chi connectivity index (χ4v) is 1.30. The van der Waals surface area contributed by atoms with Crippen LogP contribution in [0.1, 0.15) is 6.92 Å². The number of alkyl halides is 1. The molecule has 29 heavy (non-hydrogen) atoms. The van der Waals surface area contributed by atoms with Crippen molar-refractivity contribution < 1.29 is 32.8 Å². The number of rotatable bonds is 5. The molecule has 8 heteroatoms. The SMILES string of the molecule is CC#CC#CC#CC#CC#CC#CC#CC#CC(=O)OC[C@H](F)COP(=O)(O)O. The predicted octanol–water partition coefficient (Wildman–Crippen LogP) is 0.0241. The lowest BCUT2D eigenvalue weighted by Gasteiger charge is -2.08. The Hall–Kier alpha value is -4.01. The normalized spacial score (nSPS) is 8.41. The van der Waals surface area contributed by atoms with Crippen molar-refractivity contribution in [2.45, 2.75) is 13.1 Å². The molecule has 0 radical (unpaired) electrons. The van der Waals surface area contributed by atoms with Crippen molar-refractivity contribution in [2.75, 3.05) is 13.2 Å². The number of hydrogen-bond acceptors (Lipinski definition) is 4. The van der Waals surface area contributed by atoms with Crippen LogP contribution in [-0.4, -0.2) is 35.1 Å². The summed E-state index contributed by atoms with van der Waals surface area (Å²) in [4.78, 5) is 27.9. The van der Waals surface area contributed by atoms with Gasteiger partial charge in [0.15, 0.2) is 6.17 Å². The Morgan fingerprint density at radius 2 is 1.24 bits per heavy atom. The second kappa shape index (κ2) is 16.2. The second-order valence-electron chi connectivity index (χ2n) is 4.11. The zero-order valence-corrected chi connectivity index (χ0v) is 15.7. The molecule has 0 aromatic rings. The van der Waals surface area contributed by atoms with Gasteiger partial charge in [0, 0.05) is 5.92 Å². The third-order valence-corrected chi connectivity index (χ3v) is 2.41. The number of carbonyl (C=O) groups excluding carboxylic acids is 1. The third-order valence-electron chi connectivity index (χ3n) is 1.92. The van der Waals surface area contributed by atoms with Gasteiger partial charge in [0.25, 0.3) is 0 Å². The highest BCUT2D eigenvalue weighted by Crippen LogP contribution is 2.35. The van der Waals surface area contributed by atoms with E-state index in [-0.39, 0.29) is 0 Å². The van der Waals surface area contributed by atoms with Crippen molar-refractivity contribution in [1.29, 1.82) is 0 Å². The minimum absolute atomic E-state index is 0.777. The Labute approximate surface area is 168 Å². The van der Waals surface area contributed by atoms with E-state index in [1.807, 2.05) is 5.92 Å². The fraction of sp³-hybridized carbons (Fsp3) is 0.190. The Balaban J connectivity index is 4.31. The summed E-state index contributed by atoms with van der Waals surface area (Å²) in [6.45, 7) is -0.0476. The van der Waals surface area contributed by atoms with E-state index in [2.05, 4.69) is 98.1 Å². The lowest BCUT2D eigenvalue weighted by Crippen LogP contribution is -2.18. The highest BCUT2D eigenvalue weighted by Gasteiger charge is 2.18. The summed E-state index contributed by atoms with van der Waals surface area (Å²) in [6, 6.07) is 0. The lowest BCUT2D eigenvalue weighted by molar-refractivity contribution is -0.138. The maximum atomic E-state index is 13.1. The largest absolute Gasteiger partial charge is 0.469 e. The topological polar surface area (TPSA) is 93.1 Å².